The summed E-state index contributed by atoms with van der Waals surface area (Å²) >= 11 is 0. The first-order valence-electron chi connectivity index (χ1n) is 5.65. The van der Waals surface area contributed by atoms with Crippen LogP contribution in [0.15, 0.2) is 23.0 Å². The maximum Gasteiger partial charge on any atom is 0.259 e. The van der Waals surface area contributed by atoms with Gasteiger partial charge >= 0.3 is 0 Å². The molecule has 0 aliphatic rings. The maximum absolute atomic E-state index is 12.1. The molecular weight excluding hydrogens is 246 g/mol. The Kier molecular flexibility index (Phi) is 2.52. The lowest BCUT2D eigenvalue weighted by Crippen LogP contribution is -2.10. The smallest absolute Gasteiger partial charge is 0.259 e. The van der Waals surface area contributed by atoms with Crippen molar-refractivity contribution in [3.8, 4) is 17.1 Å². The van der Waals surface area contributed by atoms with E-state index in [1.807, 2.05) is 19.1 Å². The molecule has 96 valence electrons. The molecule has 0 aliphatic carbocycles. The molecule has 2 N–H and O–H groups in total. The number of aromatic amines is 2. The number of nitrogens with one attached hydrogen (secondary N) is 2. The Morgan fingerprint density at radius 2 is 2.16 bits per heavy atom. The van der Waals surface area contributed by atoms with Gasteiger partial charge in [-0.3, -0.25) is 4.79 Å². The number of rotatable bonds is 2. The normalized spacial score (nSPS) is 10.8. The lowest BCUT2D eigenvalue weighted by atomic mass is 10.1. The van der Waals surface area contributed by atoms with Gasteiger partial charge in [-0.1, -0.05) is 6.07 Å². The number of hydrogen-bond acceptors (Lipinski definition) is 5. The molecule has 0 unspecified atom stereocenters. The van der Waals surface area contributed by atoms with Crippen molar-refractivity contribution in [3.63, 3.8) is 0 Å². The van der Waals surface area contributed by atoms with E-state index in [-0.39, 0.29) is 11.4 Å². The van der Waals surface area contributed by atoms with Gasteiger partial charge in [0.2, 0.25) is 5.82 Å². The lowest BCUT2D eigenvalue weighted by molar-refractivity contribution is 0.418. The van der Waals surface area contributed by atoms with Gasteiger partial charge in [-0.25, -0.2) is 0 Å². The first-order chi connectivity index (χ1) is 9.20. The Hall–Kier alpha value is -2.70. The number of benzene rings is 1. The number of methoxy groups -OCH3 is 1. The average molecular weight is 257 g/mol. The molecule has 0 fully saturated rings. The van der Waals surface area contributed by atoms with Crippen molar-refractivity contribution in [2.45, 2.75) is 6.92 Å². The van der Waals surface area contributed by atoms with Gasteiger partial charge < -0.3 is 9.72 Å². The second kappa shape index (κ2) is 4.20. The minimum absolute atomic E-state index is 0.269. The molecule has 19 heavy (non-hydrogen) atoms. The van der Waals surface area contributed by atoms with Crippen molar-refractivity contribution in [3.05, 3.63) is 34.1 Å². The Balaban J connectivity index is 2.38. The topological polar surface area (TPSA) is 96.6 Å². The molecule has 0 saturated carbocycles. The molecule has 7 heteroatoms. The summed E-state index contributed by atoms with van der Waals surface area (Å²) in [6.45, 7) is 1.96. The van der Waals surface area contributed by atoms with Crippen LogP contribution in [0.2, 0.25) is 0 Å². The molecule has 0 atom stereocenters. The monoisotopic (exact) mass is 257 g/mol. The standard InChI is InChI=1S/C12H11N5O2/c1-6-3-4-9(19-2)10-7(6)5-8(12(18)13-10)11-14-16-17-15-11/h3-5H,1-2H3,(H,13,18)(H,14,15,16,17). The first-order valence-corrected chi connectivity index (χ1v) is 5.65. The molecule has 2 aromatic heterocycles. The van der Waals surface area contributed by atoms with Crippen molar-refractivity contribution in [2.24, 2.45) is 0 Å². The first kappa shape index (κ1) is 11.4. The van der Waals surface area contributed by atoms with Crippen molar-refractivity contribution in [1.82, 2.24) is 25.6 Å². The highest BCUT2D eigenvalue weighted by Gasteiger charge is 2.13. The second-order valence-corrected chi connectivity index (χ2v) is 4.12. The van der Waals surface area contributed by atoms with Gasteiger partial charge in [0.15, 0.2) is 0 Å². The summed E-state index contributed by atoms with van der Waals surface area (Å²) in [5, 5.41) is 14.3. The Labute approximate surface area is 107 Å². The minimum Gasteiger partial charge on any atom is -0.495 e. The van der Waals surface area contributed by atoms with Crippen LogP contribution in [-0.2, 0) is 0 Å². The molecule has 2 heterocycles. The lowest BCUT2D eigenvalue weighted by Gasteiger charge is -2.08. The summed E-state index contributed by atoms with van der Waals surface area (Å²) in [7, 11) is 1.57. The summed E-state index contributed by atoms with van der Waals surface area (Å²) in [6.07, 6.45) is 0. The third-order valence-electron chi connectivity index (χ3n) is 3.00. The van der Waals surface area contributed by atoms with E-state index >= 15 is 0 Å². The largest absolute Gasteiger partial charge is 0.495 e. The second-order valence-electron chi connectivity index (χ2n) is 4.12. The van der Waals surface area contributed by atoms with Crippen LogP contribution in [-0.4, -0.2) is 32.7 Å². The fourth-order valence-corrected chi connectivity index (χ4v) is 2.02. The highest BCUT2D eigenvalue weighted by Crippen LogP contribution is 2.27. The zero-order valence-electron chi connectivity index (χ0n) is 10.4. The zero-order chi connectivity index (χ0) is 13.4. The number of aromatic nitrogens is 5. The summed E-state index contributed by atoms with van der Waals surface area (Å²) in [5.74, 6) is 0.891. The number of ether oxygens (including phenoxy) is 1. The summed E-state index contributed by atoms with van der Waals surface area (Å²) < 4.78 is 5.25. The van der Waals surface area contributed by atoms with Crippen LogP contribution in [0, 0.1) is 6.92 Å². The number of nitrogens with zero attached hydrogens (tertiary/aromatic N) is 3. The van der Waals surface area contributed by atoms with Crippen LogP contribution in [0.3, 0.4) is 0 Å². The molecule has 0 saturated heterocycles. The number of fused-ring (bicyclic) bond motifs is 1. The molecular formula is C12H11N5O2. The summed E-state index contributed by atoms with van der Waals surface area (Å²) in [5.41, 5.74) is 1.78. The van der Waals surface area contributed by atoms with Crippen LogP contribution in [0.1, 0.15) is 5.56 Å². The minimum atomic E-state index is -0.280. The SMILES string of the molecule is COc1ccc(C)c2cc(-c3nn[nH]n3)c(=O)[nH]c12. The third-order valence-corrected chi connectivity index (χ3v) is 3.00. The molecule has 1 aromatic carbocycles. The van der Waals surface area contributed by atoms with Crippen molar-refractivity contribution >= 4 is 10.9 Å². The number of pyridine rings is 1. The molecule has 0 aliphatic heterocycles. The van der Waals surface area contributed by atoms with E-state index < -0.39 is 0 Å². The van der Waals surface area contributed by atoms with Crippen LogP contribution in [0.25, 0.3) is 22.3 Å². The Bertz CT molecular complexity index is 792. The van der Waals surface area contributed by atoms with Crippen LogP contribution >= 0.6 is 0 Å². The van der Waals surface area contributed by atoms with Crippen LogP contribution in [0.5, 0.6) is 5.75 Å². The van der Waals surface area contributed by atoms with Gasteiger partial charge in [0.05, 0.1) is 18.2 Å². The Morgan fingerprint density at radius 3 is 2.84 bits per heavy atom. The molecule has 3 aromatic rings. The van der Waals surface area contributed by atoms with Gasteiger partial charge in [0.25, 0.3) is 5.56 Å². The van der Waals surface area contributed by atoms with Crippen LogP contribution < -0.4 is 10.3 Å². The fraction of sp³-hybridized carbons (Fsp3) is 0.167. The van der Waals surface area contributed by atoms with E-state index in [1.165, 1.54) is 0 Å². The van der Waals surface area contributed by atoms with Gasteiger partial charge in [-0.2, -0.15) is 5.21 Å². The molecule has 0 amide bonds. The quantitative estimate of drug-likeness (QED) is 0.714. The maximum atomic E-state index is 12.1. The Morgan fingerprint density at radius 1 is 1.32 bits per heavy atom. The fourth-order valence-electron chi connectivity index (χ4n) is 2.02. The van der Waals surface area contributed by atoms with E-state index in [4.69, 9.17) is 4.74 Å². The van der Waals surface area contributed by atoms with Gasteiger partial charge in [-0.05, 0) is 29.8 Å². The number of hydrogen-bond donors (Lipinski definition) is 2. The highest BCUT2D eigenvalue weighted by atomic mass is 16.5. The zero-order valence-corrected chi connectivity index (χ0v) is 10.4. The van der Waals surface area contributed by atoms with E-state index in [1.54, 1.807) is 13.2 Å². The summed E-state index contributed by atoms with van der Waals surface area (Å²) in [6, 6.07) is 5.50. The molecule has 7 nitrogen and oxygen atoms in total. The number of aryl methyl sites for hydroxylation is 1. The van der Waals surface area contributed by atoms with Crippen LogP contribution in [0.4, 0.5) is 0 Å². The summed E-state index contributed by atoms with van der Waals surface area (Å²) in [4.78, 5) is 14.9. The van der Waals surface area contributed by atoms with Crippen molar-refractivity contribution < 1.29 is 4.74 Å². The van der Waals surface area contributed by atoms with Gasteiger partial charge in [-0.15, -0.1) is 10.2 Å². The average Bonchev–Trinajstić information content (AvgIpc) is 2.92. The predicted octanol–water partition coefficient (Wildman–Crippen LogP) is 1.03. The van der Waals surface area contributed by atoms with E-state index in [2.05, 4.69) is 25.6 Å². The van der Waals surface area contributed by atoms with Crippen molar-refractivity contribution in [2.75, 3.05) is 7.11 Å². The third kappa shape index (κ3) is 1.75. The molecule has 0 bridgehead atoms. The van der Waals surface area contributed by atoms with E-state index in [0.29, 0.717) is 16.8 Å². The van der Waals surface area contributed by atoms with Gasteiger partial charge in [0, 0.05) is 5.39 Å². The molecule has 0 spiro atoms. The predicted molar refractivity (Wildman–Crippen MR) is 69.0 cm³/mol. The molecule has 0 radical (unpaired) electrons. The van der Waals surface area contributed by atoms with Gasteiger partial charge in [0.1, 0.15) is 5.75 Å². The van der Waals surface area contributed by atoms with E-state index in [0.717, 1.165) is 10.9 Å². The van der Waals surface area contributed by atoms with E-state index in [9.17, 15) is 4.79 Å². The number of H-pyrrole nitrogens is 2. The molecule has 3 rings (SSSR count). The van der Waals surface area contributed by atoms with Crippen molar-refractivity contribution in [1.29, 1.82) is 0 Å². The highest BCUT2D eigenvalue weighted by molar-refractivity contribution is 5.89. The number of tetrazole rings is 1.